The fourth-order valence-electron chi connectivity index (χ4n) is 1.12. The number of amides is 2. The predicted octanol–water partition coefficient (Wildman–Crippen LogP) is 1.90. The van der Waals surface area contributed by atoms with E-state index in [1.54, 1.807) is 0 Å². The van der Waals surface area contributed by atoms with Crippen molar-refractivity contribution < 1.29 is 29.1 Å². The van der Waals surface area contributed by atoms with Crippen LogP contribution in [0.25, 0.3) is 0 Å². The lowest BCUT2D eigenvalue weighted by Gasteiger charge is -2.13. The van der Waals surface area contributed by atoms with Crippen molar-refractivity contribution in [3.05, 3.63) is 34.1 Å². The molecule has 1 rings (SSSR count). The number of hydrogen-bond donors (Lipinski definition) is 2. The number of benzene rings is 1. The van der Waals surface area contributed by atoms with Crippen LogP contribution in [0.1, 0.15) is 0 Å². The summed E-state index contributed by atoms with van der Waals surface area (Å²) in [6.45, 7) is 0. The highest BCUT2D eigenvalue weighted by atomic mass is 19.1. The van der Waals surface area contributed by atoms with Gasteiger partial charge in [-0.1, -0.05) is 0 Å². The van der Waals surface area contributed by atoms with Crippen LogP contribution < -0.4 is 4.90 Å². The Morgan fingerprint density at radius 3 is 2.24 bits per heavy atom. The second-order valence-corrected chi connectivity index (χ2v) is 2.79. The van der Waals surface area contributed by atoms with Crippen LogP contribution in [0.2, 0.25) is 0 Å². The van der Waals surface area contributed by atoms with Crippen LogP contribution in [0.15, 0.2) is 18.2 Å². The molecule has 0 bridgehead atoms. The average molecular weight is 244 g/mol. The van der Waals surface area contributed by atoms with Gasteiger partial charge in [-0.3, -0.25) is 10.1 Å². The van der Waals surface area contributed by atoms with Gasteiger partial charge in [0.25, 0.3) is 5.69 Å². The third-order valence-corrected chi connectivity index (χ3v) is 1.76. The van der Waals surface area contributed by atoms with Crippen molar-refractivity contribution in [2.75, 3.05) is 4.90 Å². The van der Waals surface area contributed by atoms with Gasteiger partial charge in [-0.15, -0.1) is 0 Å². The quantitative estimate of drug-likeness (QED) is 0.605. The molecule has 90 valence electrons. The van der Waals surface area contributed by atoms with E-state index in [1.807, 2.05) is 0 Å². The van der Waals surface area contributed by atoms with Gasteiger partial charge in [0.1, 0.15) is 11.5 Å². The highest BCUT2D eigenvalue weighted by Gasteiger charge is 2.29. The molecule has 0 unspecified atom stereocenters. The summed E-state index contributed by atoms with van der Waals surface area (Å²) in [4.78, 5) is 30.5. The first-order chi connectivity index (χ1) is 7.84. The molecule has 2 N–H and O–H groups in total. The van der Waals surface area contributed by atoms with Gasteiger partial charge in [-0.05, 0) is 12.1 Å². The lowest BCUT2D eigenvalue weighted by molar-refractivity contribution is -0.384. The van der Waals surface area contributed by atoms with Crippen molar-refractivity contribution in [3.8, 4) is 0 Å². The van der Waals surface area contributed by atoms with Crippen LogP contribution in [-0.2, 0) is 0 Å². The van der Waals surface area contributed by atoms with Crippen molar-refractivity contribution >= 4 is 23.6 Å². The zero-order chi connectivity index (χ0) is 13.2. The lowest BCUT2D eigenvalue weighted by atomic mass is 10.2. The topological polar surface area (TPSA) is 121 Å². The van der Waals surface area contributed by atoms with Crippen molar-refractivity contribution in [2.45, 2.75) is 0 Å². The molecule has 0 fully saturated rings. The molecule has 0 aromatic heterocycles. The van der Waals surface area contributed by atoms with E-state index < -0.39 is 34.3 Å². The Labute approximate surface area is 92.7 Å². The molecule has 0 heterocycles. The van der Waals surface area contributed by atoms with Crippen LogP contribution in [0.3, 0.4) is 0 Å². The van der Waals surface area contributed by atoms with Gasteiger partial charge in [0.15, 0.2) is 0 Å². The summed E-state index contributed by atoms with van der Waals surface area (Å²) in [5.41, 5.74) is -1.69. The summed E-state index contributed by atoms with van der Waals surface area (Å²) in [6.07, 6.45) is -3.85. The molecule has 0 aliphatic heterocycles. The summed E-state index contributed by atoms with van der Waals surface area (Å²) >= 11 is 0. The maximum Gasteiger partial charge on any atom is 0.421 e. The Balaban J connectivity index is 3.43. The summed E-state index contributed by atoms with van der Waals surface area (Å²) in [5, 5.41) is 27.8. The van der Waals surface area contributed by atoms with E-state index in [0.717, 1.165) is 6.07 Å². The molecule has 0 spiro atoms. The molecule has 1 aromatic carbocycles. The third kappa shape index (κ3) is 2.45. The summed E-state index contributed by atoms with van der Waals surface area (Å²) in [6, 6.07) is 1.87. The van der Waals surface area contributed by atoms with Crippen molar-refractivity contribution in [3.63, 3.8) is 0 Å². The van der Waals surface area contributed by atoms with Gasteiger partial charge in [0.2, 0.25) is 0 Å². The number of nitrogens with zero attached hydrogens (tertiary/aromatic N) is 2. The zero-order valence-electron chi connectivity index (χ0n) is 8.03. The number of nitro groups is 1. The maximum atomic E-state index is 12.8. The van der Waals surface area contributed by atoms with Gasteiger partial charge in [0, 0.05) is 0 Å². The van der Waals surface area contributed by atoms with Gasteiger partial charge in [0.05, 0.1) is 11.0 Å². The molecule has 0 atom stereocenters. The molecule has 0 saturated heterocycles. The van der Waals surface area contributed by atoms with E-state index in [0.29, 0.717) is 12.1 Å². The fraction of sp³-hybridized carbons (Fsp3) is 0. The number of halogens is 1. The molecule has 0 aliphatic carbocycles. The van der Waals surface area contributed by atoms with Crippen molar-refractivity contribution in [1.29, 1.82) is 0 Å². The van der Waals surface area contributed by atoms with E-state index in [1.165, 1.54) is 0 Å². The van der Waals surface area contributed by atoms with E-state index in [4.69, 9.17) is 10.2 Å². The Hall–Kier alpha value is -2.71. The molecule has 0 saturated carbocycles. The summed E-state index contributed by atoms with van der Waals surface area (Å²) < 4.78 is 12.8. The second-order valence-electron chi connectivity index (χ2n) is 2.79. The lowest BCUT2D eigenvalue weighted by Crippen LogP contribution is -2.34. The smallest absolute Gasteiger partial charge is 0.421 e. The molecular weight excluding hydrogens is 239 g/mol. The van der Waals surface area contributed by atoms with E-state index >= 15 is 0 Å². The minimum atomic E-state index is -1.92. The standard InChI is InChI=1S/C8H5FN2O6/c9-4-1-2-5(6(3-4)11(16)17)10(7(12)13)8(14)15/h1-3H,(H,12,13)(H,14,15). The van der Waals surface area contributed by atoms with Crippen molar-refractivity contribution in [2.24, 2.45) is 0 Å². The van der Waals surface area contributed by atoms with Crippen LogP contribution in [-0.4, -0.2) is 27.3 Å². The number of anilines is 1. The van der Waals surface area contributed by atoms with E-state index in [9.17, 15) is 24.1 Å². The highest BCUT2D eigenvalue weighted by Crippen LogP contribution is 2.29. The monoisotopic (exact) mass is 244 g/mol. The predicted molar refractivity (Wildman–Crippen MR) is 51.6 cm³/mol. The fourth-order valence-corrected chi connectivity index (χ4v) is 1.12. The molecule has 17 heavy (non-hydrogen) atoms. The number of rotatable bonds is 2. The molecule has 1 aromatic rings. The van der Waals surface area contributed by atoms with Gasteiger partial charge < -0.3 is 10.2 Å². The molecule has 0 aliphatic rings. The minimum Gasteiger partial charge on any atom is -0.464 e. The normalized spacial score (nSPS) is 9.71. The molecule has 8 nitrogen and oxygen atoms in total. The first-order valence-electron chi connectivity index (χ1n) is 4.04. The van der Waals surface area contributed by atoms with E-state index in [-0.39, 0.29) is 4.90 Å². The van der Waals surface area contributed by atoms with Crippen LogP contribution in [0.5, 0.6) is 0 Å². The average Bonchev–Trinajstić information content (AvgIpc) is 2.19. The first-order valence-corrected chi connectivity index (χ1v) is 4.04. The Morgan fingerprint density at radius 1 is 1.29 bits per heavy atom. The molecule has 9 heteroatoms. The maximum absolute atomic E-state index is 12.8. The zero-order valence-corrected chi connectivity index (χ0v) is 8.03. The third-order valence-electron chi connectivity index (χ3n) is 1.76. The Kier molecular flexibility index (Phi) is 3.22. The first kappa shape index (κ1) is 12.4. The summed E-state index contributed by atoms with van der Waals surface area (Å²) in [7, 11) is 0. The number of carboxylic acid groups (broad SMARTS) is 2. The number of imide groups is 1. The van der Waals surface area contributed by atoms with Crippen LogP contribution >= 0.6 is 0 Å². The minimum absolute atomic E-state index is 0.266. The Bertz CT molecular complexity index is 489. The highest BCUT2D eigenvalue weighted by molar-refractivity contribution is 6.09. The van der Waals surface area contributed by atoms with Gasteiger partial charge in [-0.25, -0.2) is 14.0 Å². The molecular formula is C8H5FN2O6. The van der Waals surface area contributed by atoms with E-state index in [2.05, 4.69) is 0 Å². The number of nitro benzene ring substituents is 1. The SMILES string of the molecule is O=C(O)N(C(=O)O)c1ccc(F)cc1[N+](=O)[O-]. The number of hydrogen-bond acceptors (Lipinski definition) is 4. The van der Waals surface area contributed by atoms with Crippen LogP contribution in [0, 0.1) is 15.9 Å². The summed E-state index contributed by atoms with van der Waals surface area (Å²) in [5.74, 6) is -0.976. The largest absolute Gasteiger partial charge is 0.464 e. The van der Waals surface area contributed by atoms with Crippen LogP contribution in [0.4, 0.5) is 25.4 Å². The number of carbonyl (C=O) groups is 2. The molecule has 0 radical (unpaired) electrons. The van der Waals surface area contributed by atoms with Gasteiger partial charge in [-0.2, -0.15) is 4.90 Å². The molecule has 2 amide bonds. The second kappa shape index (κ2) is 4.43. The Morgan fingerprint density at radius 2 is 1.82 bits per heavy atom. The van der Waals surface area contributed by atoms with Gasteiger partial charge >= 0.3 is 12.2 Å². The van der Waals surface area contributed by atoms with Crippen molar-refractivity contribution in [1.82, 2.24) is 0 Å².